The van der Waals surface area contributed by atoms with Gasteiger partial charge < -0.3 is 14.8 Å². The topological polar surface area (TPSA) is 64.6 Å². The fraction of sp³-hybridized carbons (Fsp3) is 0.833. The number of carbonyl (C=O) groups is 2. The van der Waals surface area contributed by atoms with E-state index in [0.717, 1.165) is 19.3 Å². The molecule has 0 aromatic carbocycles. The molecule has 1 heterocycles. The molecule has 1 amide bonds. The van der Waals surface area contributed by atoms with Crippen LogP contribution in [0.1, 0.15) is 32.6 Å². The number of ether oxygens (including phenoxy) is 2. The first-order chi connectivity index (χ1) is 8.19. The highest BCUT2D eigenvalue weighted by Gasteiger charge is 2.35. The van der Waals surface area contributed by atoms with Crippen LogP contribution in [-0.4, -0.2) is 38.2 Å². The molecule has 1 aliphatic heterocycles. The third-order valence-corrected chi connectivity index (χ3v) is 2.94. The second kappa shape index (κ2) is 7.27. The summed E-state index contributed by atoms with van der Waals surface area (Å²) >= 11 is 0. The van der Waals surface area contributed by atoms with E-state index in [0.29, 0.717) is 19.6 Å². The van der Waals surface area contributed by atoms with Crippen LogP contribution in [0.3, 0.4) is 0 Å². The molecule has 1 saturated heterocycles. The van der Waals surface area contributed by atoms with Gasteiger partial charge in [-0.05, 0) is 6.42 Å². The Kier molecular flexibility index (Phi) is 5.97. The van der Waals surface area contributed by atoms with Crippen molar-refractivity contribution in [3.8, 4) is 0 Å². The molecule has 0 aromatic heterocycles. The number of rotatable bonds is 6. The fourth-order valence-corrected chi connectivity index (χ4v) is 1.89. The van der Waals surface area contributed by atoms with E-state index in [-0.39, 0.29) is 23.8 Å². The largest absolute Gasteiger partial charge is 0.469 e. The summed E-state index contributed by atoms with van der Waals surface area (Å²) in [5, 5.41) is 2.84. The lowest BCUT2D eigenvalue weighted by Gasteiger charge is -2.16. The van der Waals surface area contributed by atoms with Crippen molar-refractivity contribution >= 4 is 11.9 Å². The molecule has 2 unspecified atom stereocenters. The normalized spacial score (nSPS) is 23.4. The van der Waals surface area contributed by atoms with Crippen molar-refractivity contribution in [1.82, 2.24) is 5.32 Å². The van der Waals surface area contributed by atoms with Crippen molar-refractivity contribution in [2.24, 2.45) is 5.92 Å². The Balaban J connectivity index is 2.34. The lowest BCUT2D eigenvalue weighted by Crippen LogP contribution is -2.43. The molecule has 5 nitrogen and oxygen atoms in total. The summed E-state index contributed by atoms with van der Waals surface area (Å²) in [6, 6.07) is -0.239. The maximum atomic E-state index is 11.6. The first-order valence-electron chi connectivity index (χ1n) is 6.14. The van der Waals surface area contributed by atoms with Gasteiger partial charge in [-0.25, -0.2) is 0 Å². The molecule has 0 bridgehead atoms. The van der Waals surface area contributed by atoms with Crippen molar-refractivity contribution in [3.63, 3.8) is 0 Å². The average Bonchev–Trinajstić information content (AvgIpc) is 2.76. The number of carbonyl (C=O) groups excluding carboxylic acids is 2. The number of hydrogen-bond acceptors (Lipinski definition) is 4. The SMILES string of the molecule is CCCCCC(=O)NC1COCC1C(=O)OC. The van der Waals surface area contributed by atoms with E-state index in [4.69, 9.17) is 4.74 Å². The van der Waals surface area contributed by atoms with E-state index in [1.165, 1.54) is 7.11 Å². The van der Waals surface area contributed by atoms with Gasteiger partial charge >= 0.3 is 5.97 Å². The Bertz CT molecular complexity index is 267. The molecule has 0 saturated carbocycles. The monoisotopic (exact) mass is 243 g/mol. The molecule has 1 fully saturated rings. The van der Waals surface area contributed by atoms with Gasteiger partial charge in [-0.15, -0.1) is 0 Å². The number of amides is 1. The summed E-state index contributed by atoms with van der Waals surface area (Å²) in [4.78, 5) is 23.0. The summed E-state index contributed by atoms with van der Waals surface area (Å²) in [6.07, 6.45) is 3.54. The Labute approximate surface area is 102 Å². The van der Waals surface area contributed by atoms with Crippen LogP contribution >= 0.6 is 0 Å². The summed E-state index contributed by atoms with van der Waals surface area (Å²) in [5.74, 6) is -0.695. The predicted octanol–water partition coefficient (Wildman–Crippen LogP) is 0.871. The van der Waals surface area contributed by atoms with Gasteiger partial charge in [0.2, 0.25) is 5.91 Å². The van der Waals surface area contributed by atoms with Gasteiger partial charge in [-0.1, -0.05) is 19.8 Å². The van der Waals surface area contributed by atoms with Crippen LogP contribution in [-0.2, 0) is 19.1 Å². The maximum absolute atomic E-state index is 11.6. The first-order valence-corrected chi connectivity index (χ1v) is 6.14. The van der Waals surface area contributed by atoms with Crippen LogP contribution in [0.5, 0.6) is 0 Å². The minimum atomic E-state index is -0.366. The molecule has 1 N–H and O–H groups in total. The van der Waals surface area contributed by atoms with Gasteiger partial charge in [-0.3, -0.25) is 9.59 Å². The lowest BCUT2D eigenvalue weighted by atomic mass is 10.0. The summed E-state index contributed by atoms with van der Waals surface area (Å²) in [6.45, 7) is 2.81. The molecule has 0 spiro atoms. The predicted molar refractivity (Wildman–Crippen MR) is 62.4 cm³/mol. The molecule has 5 heteroatoms. The van der Waals surface area contributed by atoms with Crippen LogP contribution in [0.2, 0.25) is 0 Å². The third-order valence-electron chi connectivity index (χ3n) is 2.94. The minimum absolute atomic E-state index is 0.0112. The summed E-state index contributed by atoms with van der Waals surface area (Å²) < 4.78 is 9.88. The van der Waals surface area contributed by atoms with Crippen LogP contribution in [0.15, 0.2) is 0 Å². The molecule has 1 aliphatic rings. The standard InChI is InChI=1S/C12H21NO4/c1-3-4-5-6-11(14)13-10-8-17-7-9(10)12(15)16-2/h9-10H,3-8H2,1-2H3,(H,13,14). The molecular formula is C12H21NO4. The van der Waals surface area contributed by atoms with Crippen LogP contribution in [0.25, 0.3) is 0 Å². The Morgan fingerprint density at radius 3 is 2.76 bits per heavy atom. The van der Waals surface area contributed by atoms with Crippen molar-refractivity contribution < 1.29 is 19.1 Å². The molecule has 17 heavy (non-hydrogen) atoms. The Morgan fingerprint density at radius 2 is 2.12 bits per heavy atom. The Hall–Kier alpha value is -1.10. The number of nitrogens with one attached hydrogen (secondary N) is 1. The van der Waals surface area contributed by atoms with E-state index in [2.05, 4.69) is 17.0 Å². The zero-order valence-electron chi connectivity index (χ0n) is 10.5. The van der Waals surface area contributed by atoms with Gasteiger partial charge in [0.25, 0.3) is 0 Å². The third kappa shape index (κ3) is 4.34. The maximum Gasteiger partial charge on any atom is 0.313 e. The molecule has 0 aromatic rings. The number of esters is 1. The summed E-state index contributed by atoms with van der Waals surface area (Å²) in [7, 11) is 1.35. The van der Waals surface area contributed by atoms with E-state index < -0.39 is 0 Å². The number of unbranched alkanes of at least 4 members (excludes halogenated alkanes) is 2. The van der Waals surface area contributed by atoms with Crippen LogP contribution in [0, 0.1) is 5.92 Å². The van der Waals surface area contributed by atoms with Gasteiger partial charge in [0.1, 0.15) is 5.92 Å². The number of hydrogen-bond donors (Lipinski definition) is 1. The molecule has 2 atom stereocenters. The molecule has 0 aliphatic carbocycles. The highest BCUT2D eigenvalue weighted by atomic mass is 16.5. The van der Waals surface area contributed by atoms with Gasteiger partial charge in [0.05, 0.1) is 26.4 Å². The quantitative estimate of drug-likeness (QED) is 0.555. The van der Waals surface area contributed by atoms with Gasteiger partial charge in [0.15, 0.2) is 0 Å². The first kappa shape index (κ1) is 14.0. The van der Waals surface area contributed by atoms with Crippen molar-refractivity contribution in [1.29, 1.82) is 0 Å². The minimum Gasteiger partial charge on any atom is -0.469 e. The van der Waals surface area contributed by atoms with Gasteiger partial charge in [-0.2, -0.15) is 0 Å². The highest BCUT2D eigenvalue weighted by molar-refractivity contribution is 5.79. The highest BCUT2D eigenvalue weighted by Crippen LogP contribution is 2.15. The zero-order valence-corrected chi connectivity index (χ0v) is 10.5. The Morgan fingerprint density at radius 1 is 1.35 bits per heavy atom. The van der Waals surface area contributed by atoms with Crippen molar-refractivity contribution in [2.45, 2.75) is 38.6 Å². The second-order valence-corrected chi connectivity index (χ2v) is 4.30. The second-order valence-electron chi connectivity index (χ2n) is 4.30. The average molecular weight is 243 g/mol. The van der Waals surface area contributed by atoms with E-state index in [1.807, 2.05) is 0 Å². The fourth-order valence-electron chi connectivity index (χ4n) is 1.89. The molecule has 98 valence electrons. The van der Waals surface area contributed by atoms with E-state index in [9.17, 15) is 9.59 Å². The van der Waals surface area contributed by atoms with Crippen molar-refractivity contribution in [2.75, 3.05) is 20.3 Å². The molecule has 0 radical (unpaired) electrons. The zero-order chi connectivity index (χ0) is 12.7. The summed E-state index contributed by atoms with van der Waals surface area (Å²) in [5.41, 5.74) is 0. The van der Waals surface area contributed by atoms with Crippen LogP contribution in [0.4, 0.5) is 0 Å². The molecule has 1 rings (SSSR count). The molecular weight excluding hydrogens is 222 g/mol. The van der Waals surface area contributed by atoms with Gasteiger partial charge in [0, 0.05) is 6.42 Å². The van der Waals surface area contributed by atoms with E-state index in [1.54, 1.807) is 0 Å². The van der Waals surface area contributed by atoms with Crippen LogP contribution < -0.4 is 5.32 Å². The van der Waals surface area contributed by atoms with Crippen molar-refractivity contribution in [3.05, 3.63) is 0 Å². The number of methoxy groups -OCH3 is 1. The lowest BCUT2D eigenvalue weighted by molar-refractivity contribution is -0.146. The van der Waals surface area contributed by atoms with E-state index >= 15 is 0 Å². The smallest absolute Gasteiger partial charge is 0.313 e.